The van der Waals surface area contributed by atoms with Gasteiger partial charge in [0.05, 0.1) is 0 Å². The van der Waals surface area contributed by atoms with Gasteiger partial charge in [0.25, 0.3) is 0 Å². The maximum absolute atomic E-state index is 5.89. The summed E-state index contributed by atoms with van der Waals surface area (Å²) in [4.78, 5) is 5.59. The van der Waals surface area contributed by atoms with Gasteiger partial charge in [0.2, 0.25) is 5.88 Å². The van der Waals surface area contributed by atoms with Crippen LogP contribution in [-0.2, 0) is 0 Å². The first-order valence-electron chi connectivity index (χ1n) is 7.63. The molecule has 0 amide bonds. The minimum Gasteiger partial charge on any atom is -0.439 e. The van der Waals surface area contributed by atoms with E-state index in [9.17, 15) is 0 Å². The van der Waals surface area contributed by atoms with Gasteiger partial charge in [-0.15, -0.1) is 11.8 Å². The molecule has 0 aliphatic rings. The van der Waals surface area contributed by atoms with Crippen molar-refractivity contribution in [2.45, 2.75) is 18.7 Å². The third kappa shape index (κ3) is 5.06. The molecule has 0 unspecified atom stereocenters. The molecule has 126 valence electrons. The van der Waals surface area contributed by atoms with Crippen LogP contribution in [0.2, 0.25) is 0 Å². The summed E-state index contributed by atoms with van der Waals surface area (Å²) in [6.07, 6.45) is 4.01. The molecule has 2 rings (SSSR count). The van der Waals surface area contributed by atoms with Crippen molar-refractivity contribution in [2.75, 3.05) is 23.9 Å². The smallest absolute Gasteiger partial charge is 0.221 e. The number of pyridine rings is 1. The van der Waals surface area contributed by atoms with Gasteiger partial charge in [-0.1, -0.05) is 18.2 Å². The largest absolute Gasteiger partial charge is 0.439 e. The van der Waals surface area contributed by atoms with Crippen molar-refractivity contribution in [3.63, 3.8) is 0 Å². The van der Waals surface area contributed by atoms with E-state index in [1.165, 1.54) is 5.57 Å². The molecule has 5 heteroatoms. The second-order valence-electron chi connectivity index (χ2n) is 5.45. The fraction of sp³-hybridized carbons (Fsp3) is 0.211. The van der Waals surface area contributed by atoms with Gasteiger partial charge in [-0.25, -0.2) is 0 Å². The minimum absolute atomic E-state index is 0.536. The van der Waals surface area contributed by atoms with Crippen molar-refractivity contribution in [3.8, 4) is 11.6 Å². The lowest BCUT2D eigenvalue weighted by Crippen LogP contribution is -1.99. The molecule has 0 aliphatic carbocycles. The van der Waals surface area contributed by atoms with Crippen LogP contribution in [0, 0.1) is 0 Å². The Balaban J connectivity index is 2.15. The van der Waals surface area contributed by atoms with Crippen molar-refractivity contribution in [1.82, 2.24) is 4.98 Å². The maximum Gasteiger partial charge on any atom is 0.221 e. The fourth-order valence-corrected chi connectivity index (χ4v) is 2.78. The second-order valence-corrected chi connectivity index (χ2v) is 6.30. The average molecular weight is 341 g/mol. The zero-order chi connectivity index (χ0) is 17.5. The van der Waals surface area contributed by atoms with E-state index < -0.39 is 0 Å². The summed E-state index contributed by atoms with van der Waals surface area (Å²) in [5.41, 5.74) is 3.05. The van der Waals surface area contributed by atoms with Crippen LogP contribution in [0.1, 0.15) is 13.8 Å². The molecule has 0 saturated carbocycles. The van der Waals surface area contributed by atoms with E-state index in [0.717, 1.165) is 22.0 Å². The van der Waals surface area contributed by atoms with E-state index >= 15 is 0 Å². The van der Waals surface area contributed by atoms with Gasteiger partial charge in [0.1, 0.15) is 11.6 Å². The molecular weight excluding hydrogens is 318 g/mol. The molecular formula is C19H23N3OS. The number of anilines is 2. The fourth-order valence-electron chi connectivity index (χ4n) is 2.15. The Morgan fingerprint density at radius 3 is 2.71 bits per heavy atom. The summed E-state index contributed by atoms with van der Waals surface area (Å²) in [6.45, 7) is 8.02. The number of hydrogen-bond acceptors (Lipinski definition) is 5. The number of nitrogens with one attached hydrogen (secondary N) is 2. The quantitative estimate of drug-likeness (QED) is 0.512. The Hall–Kier alpha value is -2.40. The van der Waals surface area contributed by atoms with Gasteiger partial charge >= 0.3 is 0 Å². The molecule has 2 N–H and O–H groups in total. The number of ether oxygens (including phenoxy) is 1. The number of thioether (sulfide) groups is 1. The Morgan fingerprint density at radius 1 is 1.25 bits per heavy atom. The van der Waals surface area contributed by atoms with Crippen LogP contribution in [0.25, 0.3) is 0 Å². The lowest BCUT2D eigenvalue weighted by molar-refractivity contribution is 0.462. The van der Waals surface area contributed by atoms with E-state index in [0.29, 0.717) is 11.7 Å². The van der Waals surface area contributed by atoms with Crippen molar-refractivity contribution in [3.05, 3.63) is 60.3 Å². The summed E-state index contributed by atoms with van der Waals surface area (Å²) in [7, 11) is 1.91. The maximum atomic E-state index is 5.89. The van der Waals surface area contributed by atoms with Crippen LogP contribution in [0.15, 0.2) is 65.2 Å². The zero-order valence-electron chi connectivity index (χ0n) is 14.5. The zero-order valence-corrected chi connectivity index (χ0v) is 15.3. The number of hydrogen-bond donors (Lipinski definition) is 2. The number of allylic oxidation sites excluding steroid dienone is 2. The van der Waals surface area contributed by atoms with Gasteiger partial charge < -0.3 is 15.4 Å². The van der Waals surface area contributed by atoms with Crippen molar-refractivity contribution in [2.24, 2.45) is 0 Å². The second kappa shape index (κ2) is 8.45. The SMILES string of the molecule is C=C(C=C(C)C)Nc1cccc(Oc2ccc(NC)c(SC)c2)n1. The first kappa shape index (κ1) is 17.9. The standard InChI is InChI=1S/C19H23N3OS/c1-13(2)11-14(3)21-18-7-6-8-19(22-18)23-15-9-10-16(20-4)17(12-15)24-5/h6-12,20H,3H2,1-2,4-5H3,(H,21,22). The molecule has 0 radical (unpaired) electrons. The highest BCUT2D eigenvalue weighted by molar-refractivity contribution is 7.98. The van der Waals surface area contributed by atoms with Crippen LogP contribution < -0.4 is 15.4 Å². The average Bonchev–Trinajstić information content (AvgIpc) is 2.54. The molecule has 1 aromatic carbocycles. The van der Waals surface area contributed by atoms with E-state index in [1.807, 2.05) is 69.6 Å². The molecule has 0 aliphatic heterocycles. The summed E-state index contributed by atoms with van der Waals surface area (Å²) >= 11 is 1.67. The van der Waals surface area contributed by atoms with Gasteiger partial charge in [0, 0.05) is 29.4 Å². The van der Waals surface area contributed by atoms with Crippen LogP contribution >= 0.6 is 11.8 Å². The molecule has 24 heavy (non-hydrogen) atoms. The molecule has 0 saturated heterocycles. The first-order valence-corrected chi connectivity index (χ1v) is 8.86. The van der Waals surface area contributed by atoms with E-state index in [4.69, 9.17) is 4.74 Å². The van der Waals surface area contributed by atoms with Crippen LogP contribution in [0.4, 0.5) is 11.5 Å². The molecule has 0 atom stereocenters. The Bertz CT molecular complexity index is 752. The number of benzene rings is 1. The topological polar surface area (TPSA) is 46.2 Å². The molecule has 1 heterocycles. The lowest BCUT2D eigenvalue weighted by Gasteiger charge is -2.11. The van der Waals surface area contributed by atoms with Crippen molar-refractivity contribution in [1.29, 1.82) is 0 Å². The highest BCUT2D eigenvalue weighted by Gasteiger charge is 2.05. The van der Waals surface area contributed by atoms with E-state index in [1.54, 1.807) is 11.8 Å². The predicted molar refractivity (Wildman–Crippen MR) is 104 cm³/mol. The van der Waals surface area contributed by atoms with Gasteiger partial charge in [-0.05, 0) is 50.4 Å². The Morgan fingerprint density at radius 2 is 2.04 bits per heavy atom. The third-order valence-electron chi connectivity index (χ3n) is 3.14. The monoisotopic (exact) mass is 341 g/mol. The molecule has 1 aromatic heterocycles. The summed E-state index contributed by atoms with van der Waals surface area (Å²) in [5, 5.41) is 6.33. The normalized spacial score (nSPS) is 10.0. The van der Waals surface area contributed by atoms with E-state index in [2.05, 4.69) is 22.2 Å². The van der Waals surface area contributed by atoms with Gasteiger partial charge in [0.15, 0.2) is 0 Å². The number of rotatable bonds is 7. The number of nitrogens with zero attached hydrogens (tertiary/aromatic N) is 1. The van der Waals surface area contributed by atoms with Crippen molar-refractivity contribution < 1.29 is 4.74 Å². The Kier molecular flexibility index (Phi) is 6.32. The number of aromatic nitrogens is 1. The molecule has 0 spiro atoms. The highest BCUT2D eigenvalue weighted by atomic mass is 32.2. The van der Waals surface area contributed by atoms with Crippen LogP contribution in [-0.4, -0.2) is 18.3 Å². The summed E-state index contributed by atoms with van der Waals surface area (Å²) in [5.74, 6) is 1.99. The van der Waals surface area contributed by atoms with Crippen LogP contribution in [0.3, 0.4) is 0 Å². The third-order valence-corrected chi connectivity index (χ3v) is 3.92. The predicted octanol–water partition coefficient (Wildman–Crippen LogP) is 5.53. The first-order chi connectivity index (χ1) is 11.5. The molecule has 0 bridgehead atoms. The minimum atomic E-state index is 0.536. The molecule has 4 nitrogen and oxygen atoms in total. The summed E-state index contributed by atoms with van der Waals surface area (Å²) < 4.78 is 5.89. The van der Waals surface area contributed by atoms with E-state index in [-0.39, 0.29) is 0 Å². The van der Waals surface area contributed by atoms with Gasteiger partial charge in [-0.2, -0.15) is 4.98 Å². The molecule has 2 aromatic rings. The Labute approximate surface area is 148 Å². The van der Waals surface area contributed by atoms with Crippen LogP contribution in [0.5, 0.6) is 11.6 Å². The summed E-state index contributed by atoms with van der Waals surface area (Å²) in [6, 6.07) is 11.5. The highest BCUT2D eigenvalue weighted by Crippen LogP contribution is 2.31. The molecule has 0 fully saturated rings. The van der Waals surface area contributed by atoms with Crippen molar-refractivity contribution >= 4 is 23.3 Å². The lowest BCUT2D eigenvalue weighted by atomic mass is 10.3. The van der Waals surface area contributed by atoms with Gasteiger partial charge in [-0.3, -0.25) is 0 Å².